The number of unbranched alkanes of at least 4 members (excludes halogenated alkanes) is 2. The molecule has 0 bridgehead atoms. The topological polar surface area (TPSA) is 17.1 Å². The van der Waals surface area contributed by atoms with Crippen molar-refractivity contribution in [3.63, 3.8) is 0 Å². The first kappa shape index (κ1) is 12.7. The van der Waals surface area contributed by atoms with Gasteiger partial charge in [-0.3, -0.25) is 0 Å². The SMILES string of the molecule is [B]C(CCCCC)CCC(C)C=O. The maximum Gasteiger partial charge on any atom is 0.122 e. The van der Waals surface area contributed by atoms with E-state index in [1.807, 2.05) is 6.92 Å². The van der Waals surface area contributed by atoms with Gasteiger partial charge in [-0.2, -0.15) is 0 Å². The third-order valence-corrected chi connectivity index (χ3v) is 2.40. The van der Waals surface area contributed by atoms with E-state index in [4.69, 9.17) is 7.85 Å². The highest BCUT2D eigenvalue weighted by atomic mass is 16.1. The van der Waals surface area contributed by atoms with Gasteiger partial charge >= 0.3 is 0 Å². The van der Waals surface area contributed by atoms with Crippen LogP contribution in [0.5, 0.6) is 0 Å². The van der Waals surface area contributed by atoms with Crippen LogP contribution in [0.25, 0.3) is 0 Å². The first-order valence-electron chi connectivity index (χ1n) is 5.41. The highest BCUT2D eigenvalue weighted by Gasteiger charge is 2.04. The Bertz CT molecular complexity index is 125. The van der Waals surface area contributed by atoms with Gasteiger partial charge < -0.3 is 4.79 Å². The number of hydrogen-bond acceptors (Lipinski definition) is 1. The van der Waals surface area contributed by atoms with E-state index in [1.165, 1.54) is 19.3 Å². The molecule has 2 unspecified atom stereocenters. The molecule has 13 heavy (non-hydrogen) atoms. The third kappa shape index (κ3) is 8.08. The van der Waals surface area contributed by atoms with Crippen molar-refractivity contribution in [2.45, 2.75) is 58.2 Å². The van der Waals surface area contributed by atoms with Gasteiger partial charge in [0, 0.05) is 5.92 Å². The van der Waals surface area contributed by atoms with Gasteiger partial charge in [-0.05, 0) is 6.42 Å². The van der Waals surface area contributed by atoms with Crippen LogP contribution < -0.4 is 0 Å². The van der Waals surface area contributed by atoms with Crippen LogP contribution in [-0.2, 0) is 4.79 Å². The maximum atomic E-state index is 10.3. The normalized spacial score (nSPS) is 15.2. The van der Waals surface area contributed by atoms with Crippen molar-refractivity contribution in [2.24, 2.45) is 5.92 Å². The van der Waals surface area contributed by atoms with Crippen LogP contribution in [0.3, 0.4) is 0 Å². The van der Waals surface area contributed by atoms with Crippen LogP contribution >= 0.6 is 0 Å². The first-order valence-corrected chi connectivity index (χ1v) is 5.41. The zero-order chi connectivity index (χ0) is 10.1. The second-order valence-electron chi connectivity index (χ2n) is 3.95. The zero-order valence-corrected chi connectivity index (χ0v) is 8.96. The lowest BCUT2D eigenvalue weighted by atomic mass is 9.78. The van der Waals surface area contributed by atoms with Gasteiger partial charge in [0.2, 0.25) is 0 Å². The summed E-state index contributed by atoms with van der Waals surface area (Å²) in [6, 6.07) is 0. The van der Waals surface area contributed by atoms with Gasteiger partial charge in [0.1, 0.15) is 6.29 Å². The Hall–Kier alpha value is -0.265. The molecular formula is C11H21BO. The number of rotatable bonds is 8. The van der Waals surface area contributed by atoms with Crippen molar-refractivity contribution in [3.05, 3.63) is 0 Å². The van der Waals surface area contributed by atoms with E-state index >= 15 is 0 Å². The van der Waals surface area contributed by atoms with E-state index in [0.29, 0.717) is 5.82 Å². The molecule has 2 heteroatoms. The van der Waals surface area contributed by atoms with E-state index in [1.54, 1.807) is 0 Å². The highest BCUT2D eigenvalue weighted by molar-refractivity contribution is 6.11. The molecule has 2 atom stereocenters. The lowest BCUT2D eigenvalue weighted by Gasteiger charge is -2.11. The summed E-state index contributed by atoms with van der Waals surface area (Å²) in [5.74, 6) is 0.478. The lowest BCUT2D eigenvalue weighted by molar-refractivity contribution is -0.110. The van der Waals surface area contributed by atoms with E-state index in [-0.39, 0.29) is 5.92 Å². The fourth-order valence-corrected chi connectivity index (χ4v) is 1.35. The zero-order valence-electron chi connectivity index (χ0n) is 8.96. The molecule has 0 amide bonds. The third-order valence-electron chi connectivity index (χ3n) is 2.40. The Balaban J connectivity index is 3.29. The molecule has 0 saturated heterocycles. The molecule has 0 aromatic heterocycles. The largest absolute Gasteiger partial charge is 0.303 e. The number of hydrogen-bond donors (Lipinski definition) is 0. The quantitative estimate of drug-likeness (QED) is 0.318. The first-order chi connectivity index (χ1) is 6.20. The molecule has 0 rings (SSSR count). The van der Waals surface area contributed by atoms with E-state index in [2.05, 4.69) is 6.92 Å². The molecule has 0 aliphatic rings. The van der Waals surface area contributed by atoms with Crippen LogP contribution in [0.1, 0.15) is 52.4 Å². The molecule has 0 heterocycles. The molecule has 1 nitrogen and oxygen atoms in total. The van der Waals surface area contributed by atoms with Crippen LogP contribution in [0.4, 0.5) is 0 Å². The number of aldehydes is 1. The van der Waals surface area contributed by atoms with Crippen LogP contribution in [0, 0.1) is 5.92 Å². The Morgan fingerprint density at radius 1 is 1.23 bits per heavy atom. The average molecular weight is 180 g/mol. The Labute approximate surface area is 83.7 Å². The smallest absolute Gasteiger partial charge is 0.122 e. The lowest BCUT2D eigenvalue weighted by Crippen LogP contribution is -2.00. The fourth-order valence-electron chi connectivity index (χ4n) is 1.35. The summed E-state index contributed by atoms with van der Waals surface area (Å²) in [6.45, 7) is 4.14. The van der Waals surface area contributed by atoms with E-state index < -0.39 is 0 Å². The molecule has 0 aromatic rings. The predicted octanol–water partition coefficient (Wildman–Crippen LogP) is 3.14. The van der Waals surface area contributed by atoms with Gasteiger partial charge in [0.15, 0.2) is 0 Å². The van der Waals surface area contributed by atoms with Crippen molar-refractivity contribution in [1.82, 2.24) is 0 Å². The summed E-state index contributed by atoms with van der Waals surface area (Å²) in [6.07, 6.45) is 7.81. The highest BCUT2D eigenvalue weighted by Crippen LogP contribution is 2.19. The van der Waals surface area contributed by atoms with Crippen LogP contribution in [-0.4, -0.2) is 14.1 Å². The van der Waals surface area contributed by atoms with E-state index in [0.717, 1.165) is 25.5 Å². The molecule has 74 valence electrons. The standard InChI is InChI=1S/C11H21BO/c1-3-4-5-6-11(12)8-7-10(2)9-13/h9-11H,3-8H2,1-2H3. The van der Waals surface area contributed by atoms with Crippen molar-refractivity contribution >= 4 is 14.1 Å². The number of carbonyl (C=O) groups excluding carboxylic acids is 1. The molecular weight excluding hydrogens is 159 g/mol. The minimum absolute atomic E-state index is 0.178. The minimum atomic E-state index is 0.178. The summed E-state index contributed by atoms with van der Waals surface area (Å²) in [7, 11) is 5.90. The maximum absolute atomic E-state index is 10.3. The Morgan fingerprint density at radius 3 is 2.46 bits per heavy atom. The van der Waals surface area contributed by atoms with Crippen molar-refractivity contribution < 1.29 is 4.79 Å². The van der Waals surface area contributed by atoms with Gasteiger partial charge in [0.25, 0.3) is 0 Å². The molecule has 0 fully saturated rings. The fraction of sp³-hybridized carbons (Fsp3) is 0.909. The van der Waals surface area contributed by atoms with E-state index in [9.17, 15) is 4.79 Å². The van der Waals surface area contributed by atoms with Gasteiger partial charge in [-0.25, -0.2) is 0 Å². The average Bonchev–Trinajstić information content (AvgIpc) is 2.14. The summed E-state index contributed by atoms with van der Waals surface area (Å²) < 4.78 is 0. The molecule has 0 aliphatic heterocycles. The summed E-state index contributed by atoms with van der Waals surface area (Å²) in [5.41, 5.74) is 0. The van der Waals surface area contributed by atoms with Crippen LogP contribution in [0.15, 0.2) is 0 Å². The van der Waals surface area contributed by atoms with Gasteiger partial charge in [-0.1, -0.05) is 51.8 Å². The predicted molar refractivity (Wildman–Crippen MR) is 58.1 cm³/mol. The van der Waals surface area contributed by atoms with Crippen molar-refractivity contribution in [3.8, 4) is 0 Å². The van der Waals surface area contributed by atoms with Gasteiger partial charge in [-0.15, -0.1) is 0 Å². The minimum Gasteiger partial charge on any atom is -0.303 e. The van der Waals surface area contributed by atoms with Gasteiger partial charge in [0.05, 0.1) is 7.85 Å². The van der Waals surface area contributed by atoms with Crippen molar-refractivity contribution in [1.29, 1.82) is 0 Å². The molecule has 0 aromatic carbocycles. The summed E-state index contributed by atoms with van der Waals surface area (Å²) in [5, 5.41) is 0. The second-order valence-corrected chi connectivity index (χ2v) is 3.95. The molecule has 0 N–H and O–H groups in total. The van der Waals surface area contributed by atoms with Crippen molar-refractivity contribution in [2.75, 3.05) is 0 Å². The number of carbonyl (C=O) groups is 1. The molecule has 0 aliphatic carbocycles. The molecule has 2 radical (unpaired) electrons. The summed E-state index contributed by atoms with van der Waals surface area (Å²) >= 11 is 0. The molecule has 0 saturated carbocycles. The van der Waals surface area contributed by atoms with Crippen LogP contribution in [0.2, 0.25) is 5.82 Å². The summed E-state index contributed by atoms with van der Waals surface area (Å²) in [4.78, 5) is 10.3. The Kier molecular flexibility index (Phi) is 8.17. The monoisotopic (exact) mass is 180 g/mol. The Morgan fingerprint density at radius 2 is 1.92 bits per heavy atom. The second kappa shape index (κ2) is 8.34. The molecule has 0 spiro atoms.